The van der Waals surface area contributed by atoms with Gasteiger partial charge < -0.3 is 5.11 Å². The summed E-state index contributed by atoms with van der Waals surface area (Å²) in [7, 11) is -3.60. The molecule has 2 aromatic rings. The molecule has 0 atom stereocenters. The van der Waals surface area contributed by atoms with Gasteiger partial charge in [-0.3, -0.25) is 0 Å². The van der Waals surface area contributed by atoms with Crippen LogP contribution in [0.3, 0.4) is 0 Å². The Kier molecular flexibility index (Phi) is 4.75. The van der Waals surface area contributed by atoms with Crippen LogP contribution in [0.15, 0.2) is 20.1 Å². The molecule has 2 rings (SSSR count). The van der Waals surface area contributed by atoms with Crippen molar-refractivity contribution in [3.8, 4) is 0 Å². The summed E-state index contributed by atoms with van der Waals surface area (Å²) in [4.78, 5) is 4.94. The molecule has 0 saturated carbocycles. The van der Waals surface area contributed by atoms with Gasteiger partial charge in [0.25, 0.3) is 0 Å². The number of aliphatic hydroxyl groups excluding tert-OH is 1. The molecule has 2 aromatic heterocycles. The van der Waals surface area contributed by atoms with Gasteiger partial charge in [0.05, 0.1) is 16.9 Å². The Morgan fingerprint density at radius 2 is 2.26 bits per heavy atom. The molecule has 0 aliphatic heterocycles. The lowest BCUT2D eigenvalue weighted by Crippen LogP contribution is -2.23. The Bertz CT molecular complexity index is 678. The summed E-state index contributed by atoms with van der Waals surface area (Å²) >= 11 is 5.81. The average molecular weight is 383 g/mol. The lowest BCUT2D eigenvalue weighted by atomic mass is 10.5. The maximum absolute atomic E-state index is 12.1. The van der Waals surface area contributed by atoms with E-state index in [2.05, 4.69) is 25.6 Å². The van der Waals surface area contributed by atoms with E-state index in [0.717, 1.165) is 10.7 Å². The van der Waals surface area contributed by atoms with Crippen molar-refractivity contribution in [2.45, 2.75) is 25.0 Å². The molecule has 0 amide bonds. The zero-order valence-corrected chi connectivity index (χ0v) is 13.9. The first kappa shape index (κ1) is 15.1. The van der Waals surface area contributed by atoms with Crippen molar-refractivity contribution >= 4 is 48.6 Å². The first-order valence-electron chi connectivity index (χ1n) is 5.22. The highest BCUT2D eigenvalue weighted by molar-refractivity contribution is 9.11. The molecule has 2 N–H and O–H groups in total. The molecule has 0 bridgehead atoms. The van der Waals surface area contributed by atoms with Crippen LogP contribution in [0.2, 0.25) is 0 Å². The highest BCUT2D eigenvalue weighted by Crippen LogP contribution is 2.31. The molecule has 0 saturated heterocycles. The number of thiazole rings is 1. The van der Waals surface area contributed by atoms with Crippen LogP contribution in [0.25, 0.3) is 0 Å². The summed E-state index contributed by atoms with van der Waals surface area (Å²) in [6.07, 6.45) is 0. The first-order chi connectivity index (χ1) is 8.92. The van der Waals surface area contributed by atoms with E-state index < -0.39 is 10.0 Å². The van der Waals surface area contributed by atoms with E-state index in [1.54, 1.807) is 0 Å². The van der Waals surface area contributed by atoms with Gasteiger partial charge in [0.1, 0.15) is 9.90 Å². The Hall–Kier alpha value is -0.320. The van der Waals surface area contributed by atoms with Crippen LogP contribution in [0, 0.1) is 6.92 Å². The van der Waals surface area contributed by atoms with Gasteiger partial charge in [-0.2, -0.15) is 0 Å². The van der Waals surface area contributed by atoms with Gasteiger partial charge in [0.2, 0.25) is 10.0 Å². The number of sulfonamides is 1. The Morgan fingerprint density at radius 3 is 2.79 bits per heavy atom. The van der Waals surface area contributed by atoms with Crippen LogP contribution in [0.1, 0.15) is 15.6 Å². The number of aromatic nitrogens is 1. The summed E-state index contributed by atoms with van der Waals surface area (Å²) in [5, 5.41) is 11.6. The standard InChI is InChI=1S/C10H11BrN2O3S3/c1-6-5-17-9(13-6)3-12-19(15,16)8-2-7(4-14)18-10(8)11/h2,5,12,14H,3-4H2,1H3. The number of halogens is 1. The number of thiophene rings is 1. The number of hydrogen-bond donors (Lipinski definition) is 2. The SMILES string of the molecule is Cc1csc(CNS(=O)(=O)c2cc(CO)sc2Br)n1. The summed E-state index contributed by atoms with van der Waals surface area (Å²) < 4.78 is 27.2. The third-order valence-corrected chi connectivity index (χ3v) is 6.84. The van der Waals surface area contributed by atoms with Crippen LogP contribution in [0.4, 0.5) is 0 Å². The fourth-order valence-electron chi connectivity index (χ4n) is 1.38. The van der Waals surface area contributed by atoms with Gasteiger partial charge in [0.15, 0.2) is 0 Å². The topological polar surface area (TPSA) is 79.3 Å². The van der Waals surface area contributed by atoms with Crippen LogP contribution in [-0.2, 0) is 23.2 Å². The maximum Gasteiger partial charge on any atom is 0.242 e. The fourth-order valence-corrected chi connectivity index (χ4v) is 5.71. The van der Waals surface area contributed by atoms with Crippen LogP contribution < -0.4 is 4.72 Å². The minimum absolute atomic E-state index is 0.148. The van der Waals surface area contributed by atoms with Gasteiger partial charge in [-0.1, -0.05) is 0 Å². The van der Waals surface area contributed by atoms with E-state index in [0.29, 0.717) is 8.66 Å². The Morgan fingerprint density at radius 1 is 1.53 bits per heavy atom. The third kappa shape index (κ3) is 3.61. The van der Waals surface area contributed by atoms with Crippen molar-refractivity contribution in [2.75, 3.05) is 0 Å². The summed E-state index contributed by atoms with van der Waals surface area (Å²) in [6.45, 7) is 1.85. The van der Waals surface area contributed by atoms with Crippen LogP contribution in [0.5, 0.6) is 0 Å². The molecule has 5 nitrogen and oxygen atoms in total. The van der Waals surface area contributed by atoms with Gasteiger partial charge in [-0.15, -0.1) is 22.7 Å². The summed E-state index contributed by atoms with van der Waals surface area (Å²) in [5.74, 6) is 0. The van der Waals surface area contributed by atoms with E-state index in [1.807, 2.05) is 12.3 Å². The maximum atomic E-state index is 12.1. The fraction of sp³-hybridized carbons (Fsp3) is 0.300. The number of nitrogens with zero attached hydrogens (tertiary/aromatic N) is 1. The monoisotopic (exact) mass is 382 g/mol. The van der Waals surface area contributed by atoms with E-state index in [9.17, 15) is 8.42 Å². The van der Waals surface area contributed by atoms with Gasteiger partial charge in [-0.05, 0) is 28.9 Å². The average Bonchev–Trinajstić information content (AvgIpc) is 2.93. The predicted molar refractivity (Wildman–Crippen MR) is 78.8 cm³/mol. The van der Waals surface area contributed by atoms with Gasteiger partial charge in [0, 0.05) is 16.0 Å². The third-order valence-electron chi connectivity index (χ3n) is 2.23. The molecule has 0 unspecified atom stereocenters. The van der Waals surface area contributed by atoms with Crippen LogP contribution >= 0.6 is 38.6 Å². The molecule has 0 aliphatic carbocycles. The number of rotatable bonds is 5. The molecule has 104 valence electrons. The first-order valence-corrected chi connectivity index (χ1v) is 9.19. The highest BCUT2D eigenvalue weighted by Gasteiger charge is 2.20. The molecule has 0 spiro atoms. The van der Waals surface area contributed by atoms with Crippen molar-refractivity contribution in [2.24, 2.45) is 0 Å². The smallest absolute Gasteiger partial charge is 0.242 e. The zero-order chi connectivity index (χ0) is 14.0. The Labute approximate surface area is 127 Å². The minimum Gasteiger partial charge on any atom is -0.391 e. The van der Waals surface area contributed by atoms with Crippen molar-refractivity contribution < 1.29 is 13.5 Å². The molecule has 2 heterocycles. The Balaban J connectivity index is 2.15. The molecular weight excluding hydrogens is 372 g/mol. The second-order valence-electron chi connectivity index (χ2n) is 3.72. The molecule has 0 aliphatic rings. The molecule has 0 fully saturated rings. The van der Waals surface area contributed by atoms with Crippen molar-refractivity contribution in [3.05, 3.63) is 30.8 Å². The zero-order valence-electron chi connectivity index (χ0n) is 9.88. The summed E-state index contributed by atoms with van der Waals surface area (Å²) in [5.41, 5.74) is 0.874. The second kappa shape index (κ2) is 5.98. The predicted octanol–water partition coefficient (Wildman–Crippen LogP) is 2.25. The summed E-state index contributed by atoms with van der Waals surface area (Å²) in [6, 6.07) is 1.46. The van der Waals surface area contributed by atoms with E-state index in [1.165, 1.54) is 28.7 Å². The second-order valence-corrected chi connectivity index (χ2v) is 8.85. The molecule has 0 radical (unpaired) electrons. The van der Waals surface area contributed by atoms with Crippen molar-refractivity contribution in [1.29, 1.82) is 0 Å². The number of hydrogen-bond acceptors (Lipinski definition) is 6. The quantitative estimate of drug-likeness (QED) is 0.830. The highest BCUT2D eigenvalue weighted by atomic mass is 79.9. The van der Waals surface area contributed by atoms with Crippen LogP contribution in [-0.4, -0.2) is 18.5 Å². The lowest BCUT2D eigenvalue weighted by Gasteiger charge is -2.03. The normalized spacial score (nSPS) is 11.9. The lowest BCUT2D eigenvalue weighted by molar-refractivity contribution is 0.285. The van der Waals surface area contributed by atoms with Crippen molar-refractivity contribution in [1.82, 2.24) is 9.71 Å². The largest absolute Gasteiger partial charge is 0.391 e. The van der Waals surface area contributed by atoms with Crippen molar-refractivity contribution in [3.63, 3.8) is 0 Å². The number of aliphatic hydroxyl groups is 1. The minimum atomic E-state index is -3.60. The van der Waals surface area contributed by atoms with E-state index >= 15 is 0 Å². The van der Waals surface area contributed by atoms with E-state index in [-0.39, 0.29) is 18.0 Å². The molecular formula is C10H11BrN2O3S3. The van der Waals surface area contributed by atoms with E-state index in [4.69, 9.17) is 5.11 Å². The number of nitrogens with one attached hydrogen (secondary N) is 1. The van der Waals surface area contributed by atoms with Gasteiger partial charge in [-0.25, -0.2) is 18.1 Å². The number of aryl methyl sites for hydroxylation is 1. The molecule has 19 heavy (non-hydrogen) atoms. The van der Waals surface area contributed by atoms with Gasteiger partial charge >= 0.3 is 0 Å². The molecule has 9 heteroatoms. The molecule has 0 aromatic carbocycles.